The van der Waals surface area contributed by atoms with Crippen molar-refractivity contribution in [3.8, 4) is 11.3 Å². The number of H-pyrrole nitrogens is 1. The third-order valence-corrected chi connectivity index (χ3v) is 9.53. The molecule has 4 aromatic heterocycles. The first kappa shape index (κ1) is 24.5. The number of rotatable bonds is 3. The van der Waals surface area contributed by atoms with Crippen molar-refractivity contribution in [1.82, 2.24) is 24.5 Å². The zero-order chi connectivity index (χ0) is 26.2. The Morgan fingerprint density at radius 1 is 1.19 bits per heavy atom. The van der Waals surface area contributed by atoms with Gasteiger partial charge in [-0.3, -0.25) is 0 Å². The number of aromatic nitrogens is 4. The number of hydrogen-bond donors (Lipinski definition) is 1. The van der Waals surface area contributed by atoms with E-state index in [1.165, 1.54) is 31.9 Å². The van der Waals surface area contributed by atoms with Gasteiger partial charge < -0.3 is 14.6 Å². The first-order valence-corrected chi connectivity index (χ1v) is 14.2. The van der Waals surface area contributed by atoms with Crippen LogP contribution in [0.15, 0.2) is 18.6 Å². The highest BCUT2D eigenvalue weighted by Crippen LogP contribution is 2.51. The van der Waals surface area contributed by atoms with Gasteiger partial charge in [-0.25, -0.2) is 14.3 Å². The summed E-state index contributed by atoms with van der Waals surface area (Å²) in [5.41, 5.74) is 6.75. The lowest BCUT2D eigenvalue weighted by molar-refractivity contribution is 0.0279. The molecule has 1 amide bonds. The van der Waals surface area contributed by atoms with Gasteiger partial charge in [-0.05, 0) is 93.9 Å². The third-order valence-electron chi connectivity index (χ3n) is 8.16. The van der Waals surface area contributed by atoms with Crippen LogP contribution in [0.5, 0.6) is 0 Å². The van der Waals surface area contributed by atoms with E-state index in [2.05, 4.69) is 55.0 Å². The molecule has 5 heterocycles. The minimum atomic E-state index is -0.445. The number of likely N-dealkylation sites (tertiary alicyclic amines) is 1. The van der Waals surface area contributed by atoms with E-state index in [1.54, 1.807) is 6.33 Å². The lowest BCUT2D eigenvalue weighted by atomic mass is 9.93. The molecule has 37 heavy (non-hydrogen) atoms. The van der Waals surface area contributed by atoms with Crippen molar-refractivity contribution in [2.75, 3.05) is 13.1 Å². The molecule has 0 bridgehead atoms. The number of aromatic amines is 1. The van der Waals surface area contributed by atoms with Crippen LogP contribution < -0.4 is 0 Å². The number of nitrogens with one attached hydrogen (secondary N) is 1. The van der Waals surface area contributed by atoms with E-state index in [0.717, 1.165) is 42.7 Å². The van der Waals surface area contributed by atoms with E-state index >= 15 is 0 Å². The fraction of sp³-hybridized carbons (Fsp3) is 0.552. The van der Waals surface area contributed by atoms with E-state index in [-0.39, 0.29) is 6.09 Å². The van der Waals surface area contributed by atoms with Crippen LogP contribution in [0, 0.1) is 25.7 Å². The van der Waals surface area contributed by atoms with Gasteiger partial charge in [0.05, 0.1) is 5.69 Å². The second-order valence-corrected chi connectivity index (χ2v) is 13.4. The summed E-state index contributed by atoms with van der Waals surface area (Å²) in [6, 6.07) is 2.22. The Bertz CT molecular complexity index is 1490. The quantitative estimate of drug-likeness (QED) is 0.315. The number of carbonyl (C=O) groups is 1. The molecule has 1 saturated heterocycles. The maximum Gasteiger partial charge on any atom is 0.410 e. The number of ether oxygens (including phenoxy) is 1. The molecular weight excluding hydrogens is 482 g/mol. The Kier molecular flexibility index (Phi) is 5.67. The molecule has 0 aromatic carbocycles. The van der Waals surface area contributed by atoms with Crippen molar-refractivity contribution < 1.29 is 9.53 Å². The molecule has 4 aromatic rings. The average Bonchev–Trinajstić information content (AvgIpc) is 3.58. The number of hydrogen-bond acceptors (Lipinski definition) is 5. The second-order valence-electron chi connectivity index (χ2n) is 12.4. The van der Waals surface area contributed by atoms with E-state index < -0.39 is 5.60 Å². The molecule has 8 heteroatoms. The smallest absolute Gasteiger partial charge is 0.410 e. The fourth-order valence-electron chi connectivity index (χ4n) is 6.66. The van der Waals surface area contributed by atoms with Gasteiger partial charge in [0, 0.05) is 35.1 Å². The third kappa shape index (κ3) is 4.13. The standard InChI is InChI=1S/C29H37N5O2S/c1-15(2)22-23-17(4)25(18-9-19-11-33(12-20(19)10-18)28(35)36-29(5,6)7)37-27(23)32-24(22)21-8-16(3)26-30-14-31-34(26)13-21/h8,13-15,18-20,32H,9-12H2,1-7H3/t18?,19-,20+. The predicted molar refractivity (Wildman–Crippen MR) is 148 cm³/mol. The van der Waals surface area contributed by atoms with Crippen LogP contribution in [-0.2, 0) is 4.74 Å². The van der Waals surface area contributed by atoms with Crippen molar-refractivity contribution >= 4 is 33.3 Å². The lowest BCUT2D eigenvalue weighted by Gasteiger charge is -2.25. The van der Waals surface area contributed by atoms with Crippen molar-refractivity contribution in [3.05, 3.63) is 40.2 Å². The van der Waals surface area contributed by atoms with Gasteiger partial charge in [-0.15, -0.1) is 11.3 Å². The van der Waals surface area contributed by atoms with Crippen LogP contribution in [0.25, 0.3) is 27.1 Å². The Morgan fingerprint density at radius 3 is 2.54 bits per heavy atom. The minimum absolute atomic E-state index is 0.160. The number of amides is 1. The first-order valence-electron chi connectivity index (χ1n) is 13.4. The normalized spacial score (nSPS) is 22.1. The Hall–Kier alpha value is -2.87. The summed E-state index contributed by atoms with van der Waals surface area (Å²) in [7, 11) is 0. The maximum atomic E-state index is 12.6. The minimum Gasteiger partial charge on any atom is -0.444 e. The molecule has 0 radical (unpaired) electrons. The number of carbonyl (C=O) groups excluding carboxylic acids is 1. The molecule has 6 rings (SSSR count). The van der Waals surface area contributed by atoms with E-state index in [1.807, 2.05) is 41.5 Å². The summed E-state index contributed by atoms with van der Waals surface area (Å²) < 4.78 is 7.51. The Morgan fingerprint density at radius 2 is 1.89 bits per heavy atom. The van der Waals surface area contributed by atoms with Crippen molar-refractivity contribution in [2.24, 2.45) is 11.8 Å². The summed E-state index contributed by atoms with van der Waals surface area (Å²) in [6.45, 7) is 16.4. The maximum absolute atomic E-state index is 12.6. The number of nitrogens with zero attached hydrogens (tertiary/aromatic N) is 4. The number of aryl methyl sites for hydroxylation is 2. The van der Waals surface area contributed by atoms with Gasteiger partial charge in [0.15, 0.2) is 5.65 Å². The van der Waals surface area contributed by atoms with E-state index in [0.29, 0.717) is 23.7 Å². The summed E-state index contributed by atoms with van der Waals surface area (Å²) >= 11 is 1.94. The Balaban J connectivity index is 1.29. The molecule has 1 N–H and O–H groups in total. The van der Waals surface area contributed by atoms with Gasteiger partial charge >= 0.3 is 6.09 Å². The van der Waals surface area contributed by atoms with Crippen LogP contribution in [0.3, 0.4) is 0 Å². The highest BCUT2D eigenvalue weighted by Gasteiger charge is 2.44. The number of thiophene rings is 1. The van der Waals surface area contributed by atoms with Crippen LogP contribution in [0.1, 0.15) is 80.9 Å². The highest BCUT2D eigenvalue weighted by atomic mass is 32.1. The van der Waals surface area contributed by atoms with Crippen LogP contribution in [0.2, 0.25) is 0 Å². The molecule has 2 fully saturated rings. The van der Waals surface area contributed by atoms with Gasteiger partial charge in [0.2, 0.25) is 0 Å². The largest absolute Gasteiger partial charge is 0.444 e. The molecule has 2 aliphatic rings. The molecule has 1 unspecified atom stereocenters. The molecule has 3 atom stereocenters. The molecule has 196 valence electrons. The van der Waals surface area contributed by atoms with Gasteiger partial charge in [0.25, 0.3) is 0 Å². The van der Waals surface area contributed by atoms with E-state index in [9.17, 15) is 4.79 Å². The van der Waals surface area contributed by atoms with Gasteiger partial charge in [-0.1, -0.05) is 13.8 Å². The van der Waals surface area contributed by atoms with Crippen molar-refractivity contribution in [2.45, 2.75) is 78.7 Å². The van der Waals surface area contributed by atoms with Gasteiger partial charge in [0.1, 0.15) is 16.8 Å². The summed E-state index contributed by atoms with van der Waals surface area (Å²) in [5, 5.41) is 5.79. The predicted octanol–water partition coefficient (Wildman–Crippen LogP) is 7.04. The van der Waals surface area contributed by atoms with Crippen molar-refractivity contribution in [1.29, 1.82) is 0 Å². The molecule has 7 nitrogen and oxygen atoms in total. The zero-order valence-electron chi connectivity index (χ0n) is 22.9. The van der Waals surface area contributed by atoms with Crippen LogP contribution in [0.4, 0.5) is 4.79 Å². The second kappa shape index (κ2) is 8.58. The average molecular weight is 520 g/mol. The highest BCUT2D eigenvalue weighted by molar-refractivity contribution is 7.19. The monoisotopic (exact) mass is 519 g/mol. The summed E-state index contributed by atoms with van der Waals surface area (Å²) in [4.78, 5) is 25.5. The van der Waals surface area contributed by atoms with Crippen molar-refractivity contribution in [3.63, 3.8) is 0 Å². The molecular formula is C29H37N5O2S. The topological polar surface area (TPSA) is 75.5 Å². The number of fused-ring (bicyclic) bond motifs is 3. The number of pyridine rings is 1. The fourth-order valence-corrected chi connectivity index (χ4v) is 8.02. The molecule has 1 saturated carbocycles. The van der Waals surface area contributed by atoms with Gasteiger partial charge in [-0.2, -0.15) is 5.10 Å². The van der Waals surface area contributed by atoms with Crippen LogP contribution >= 0.6 is 11.3 Å². The summed E-state index contributed by atoms with van der Waals surface area (Å²) in [6.07, 6.45) is 5.84. The summed E-state index contributed by atoms with van der Waals surface area (Å²) in [5.74, 6) is 2.09. The molecule has 1 aliphatic heterocycles. The SMILES string of the molecule is Cc1c(C2C[C@@H]3CN(C(=O)OC(C)(C)C)C[C@@H]3C2)sc2[nH]c(-c3cc(C)c4ncnn4c3)c(C(C)C)c12. The zero-order valence-corrected chi connectivity index (χ0v) is 23.7. The van der Waals surface area contributed by atoms with E-state index in [4.69, 9.17) is 4.74 Å². The molecule has 1 aliphatic carbocycles. The Labute approximate surface area is 222 Å². The first-order chi connectivity index (χ1) is 17.5. The van der Waals surface area contributed by atoms with Crippen LogP contribution in [-0.4, -0.2) is 49.3 Å². The lowest BCUT2D eigenvalue weighted by Crippen LogP contribution is -2.36. The molecule has 0 spiro atoms.